The number of hydrogen-bond acceptors (Lipinski definition) is 1. The molecule has 124 valence electrons. The van der Waals surface area contributed by atoms with Gasteiger partial charge in [-0.05, 0) is 58.6 Å². The molecule has 24 heavy (non-hydrogen) atoms. The van der Waals surface area contributed by atoms with E-state index < -0.39 is 0 Å². The molecule has 1 aliphatic rings. The molecular formula is C20H20BrFN2. The summed E-state index contributed by atoms with van der Waals surface area (Å²) in [5, 5.41) is 0. The van der Waals surface area contributed by atoms with Crippen LogP contribution in [-0.2, 0) is 6.42 Å². The summed E-state index contributed by atoms with van der Waals surface area (Å²) in [7, 11) is 0. The number of benzene rings is 1. The molecular weight excluding hydrogens is 367 g/mol. The molecule has 0 radical (unpaired) electrons. The van der Waals surface area contributed by atoms with Crippen LogP contribution in [0.2, 0.25) is 0 Å². The van der Waals surface area contributed by atoms with Crippen LogP contribution in [-0.4, -0.2) is 9.38 Å². The van der Waals surface area contributed by atoms with Gasteiger partial charge in [0.25, 0.3) is 0 Å². The first-order chi connectivity index (χ1) is 11.7. The maximum absolute atomic E-state index is 13.6. The fourth-order valence-corrected chi connectivity index (χ4v) is 4.14. The lowest BCUT2D eigenvalue weighted by atomic mass is 9.85. The van der Waals surface area contributed by atoms with E-state index in [0.717, 1.165) is 15.7 Å². The third-order valence-electron chi connectivity index (χ3n) is 4.96. The lowest BCUT2D eigenvalue weighted by Gasteiger charge is -2.21. The average molecular weight is 387 g/mol. The molecule has 1 aromatic carbocycles. The largest absolute Gasteiger partial charge is 0.302 e. The fourth-order valence-electron chi connectivity index (χ4n) is 3.80. The molecule has 0 amide bonds. The van der Waals surface area contributed by atoms with Gasteiger partial charge in [0.05, 0.1) is 11.4 Å². The zero-order valence-corrected chi connectivity index (χ0v) is 15.1. The summed E-state index contributed by atoms with van der Waals surface area (Å²) >= 11 is 3.56. The van der Waals surface area contributed by atoms with E-state index in [9.17, 15) is 4.39 Å². The van der Waals surface area contributed by atoms with Gasteiger partial charge in [0.2, 0.25) is 0 Å². The highest BCUT2D eigenvalue weighted by Crippen LogP contribution is 2.35. The van der Waals surface area contributed by atoms with Crippen molar-refractivity contribution in [2.45, 2.75) is 44.4 Å². The molecule has 2 heterocycles. The summed E-state index contributed by atoms with van der Waals surface area (Å²) in [5.74, 6) is 0.350. The quantitative estimate of drug-likeness (QED) is 0.549. The van der Waals surface area contributed by atoms with Gasteiger partial charge in [-0.2, -0.15) is 0 Å². The van der Waals surface area contributed by atoms with Crippen LogP contribution in [0.5, 0.6) is 0 Å². The second kappa shape index (κ2) is 6.67. The van der Waals surface area contributed by atoms with Gasteiger partial charge in [-0.25, -0.2) is 9.37 Å². The predicted octanol–water partition coefficient (Wildman–Crippen LogP) is 5.87. The number of pyridine rings is 1. The van der Waals surface area contributed by atoms with E-state index in [4.69, 9.17) is 4.98 Å². The van der Waals surface area contributed by atoms with Crippen LogP contribution in [0.1, 0.15) is 55.0 Å². The Balaban J connectivity index is 1.81. The van der Waals surface area contributed by atoms with Gasteiger partial charge < -0.3 is 4.40 Å². The topological polar surface area (TPSA) is 17.3 Å². The Kier molecular flexibility index (Phi) is 4.40. The Bertz CT molecular complexity index is 865. The maximum atomic E-state index is 13.6. The Morgan fingerprint density at radius 3 is 2.75 bits per heavy atom. The number of hydrogen-bond donors (Lipinski definition) is 0. The standard InChI is InChI=1S/C20H20BrFN2/c21-16-9-10-19-23-20(15-6-2-1-3-7-15)18(24(19)13-16)12-14-5-4-8-17(22)11-14/h4-5,8-11,13,15H,1-3,6-7,12H2. The Hall–Kier alpha value is -1.68. The highest BCUT2D eigenvalue weighted by atomic mass is 79.9. The van der Waals surface area contributed by atoms with E-state index in [1.807, 2.05) is 18.2 Å². The van der Waals surface area contributed by atoms with Gasteiger partial charge in [-0.1, -0.05) is 31.4 Å². The van der Waals surface area contributed by atoms with Gasteiger partial charge in [0.1, 0.15) is 11.5 Å². The molecule has 0 N–H and O–H groups in total. The molecule has 3 aromatic rings. The van der Waals surface area contributed by atoms with Crippen LogP contribution in [0.25, 0.3) is 5.65 Å². The number of aromatic nitrogens is 2. The van der Waals surface area contributed by atoms with Crippen molar-refractivity contribution in [1.82, 2.24) is 9.38 Å². The highest BCUT2D eigenvalue weighted by molar-refractivity contribution is 9.10. The SMILES string of the molecule is Fc1cccc(Cc2c(C3CCCCC3)nc3ccc(Br)cn23)c1. The van der Waals surface area contributed by atoms with Gasteiger partial charge in [-0.15, -0.1) is 0 Å². The van der Waals surface area contributed by atoms with Crippen LogP contribution >= 0.6 is 15.9 Å². The van der Waals surface area contributed by atoms with Crippen molar-refractivity contribution in [2.24, 2.45) is 0 Å². The summed E-state index contributed by atoms with van der Waals surface area (Å²) in [6, 6.07) is 11.0. The Morgan fingerprint density at radius 2 is 1.96 bits per heavy atom. The minimum Gasteiger partial charge on any atom is -0.302 e. The van der Waals surface area contributed by atoms with Crippen molar-refractivity contribution in [1.29, 1.82) is 0 Å². The first kappa shape index (κ1) is 15.8. The van der Waals surface area contributed by atoms with E-state index in [1.165, 1.54) is 49.6 Å². The van der Waals surface area contributed by atoms with Crippen molar-refractivity contribution >= 4 is 21.6 Å². The second-order valence-corrected chi connectivity index (χ2v) is 7.58. The third kappa shape index (κ3) is 3.12. The maximum Gasteiger partial charge on any atom is 0.137 e. The summed E-state index contributed by atoms with van der Waals surface area (Å²) in [6.07, 6.45) is 9.09. The van der Waals surface area contributed by atoms with Crippen LogP contribution < -0.4 is 0 Å². The highest BCUT2D eigenvalue weighted by Gasteiger charge is 2.23. The molecule has 2 aromatic heterocycles. The number of halogens is 2. The van der Waals surface area contributed by atoms with Crippen LogP contribution in [0, 0.1) is 5.82 Å². The van der Waals surface area contributed by atoms with Crippen molar-refractivity contribution in [3.8, 4) is 0 Å². The minimum atomic E-state index is -0.179. The van der Waals surface area contributed by atoms with Crippen LogP contribution in [0.3, 0.4) is 0 Å². The van der Waals surface area contributed by atoms with Crippen LogP contribution in [0.15, 0.2) is 47.1 Å². The van der Waals surface area contributed by atoms with E-state index in [0.29, 0.717) is 12.3 Å². The van der Waals surface area contributed by atoms with Crippen molar-refractivity contribution in [3.63, 3.8) is 0 Å². The van der Waals surface area contributed by atoms with Gasteiger partial charge in [0.15, 0.2) is 0 Å². The minimum absolute atomic E-state index is 0.179. The normalized spacial score (nSPS) is 15.9. The molecule has 1 aliphatic carbocycles. The van der Waals surface area contributed by atoms with Crippen LogP contribution in [0.4, 0.5) is 4.39 Å². The fraction of sp³-hybridized carbons (Fsp3) is 0.350. The number of imidazole rings is 1. The Morgan fingerprint density at radius 1 is 1.12 bits per heavy atom. The van der Waals surface area contributed by atoms with E-state index in [1.54, 1.807) is 12.1 Å². The molecule has 1 fully saturated rings. The predicted molar refractivity (Wildman–Crippen MR) is 97.9 cm³/mol. The first-order valence-corrected chi connectivity index (χ1v) is 9.41. The Labute approximate surface area is 149 Å². The molecule has 0 spiro atoms. The zero-order chi connectivity index (χ0) is 16.5. The molecule has 0 bridgehead atoms. The smallest absolute Gasteiger partial charge is 0.137 e. The van der Waals surface area contributed by atoms with E-state index in [2.05, 4.69) is 26.5 Å². The third-order valence-corrected chi connectivity index (χ3v) is 5.43. The lowest BCUT2D eigenvalue weighted by Crippen LogP contribution is -2.08. The molecule has 0 unspecified atom stereocenters. The molecule has 2 nitrogen and oxygen atoms in total. The van der Waals surface area contributed by atoms with Gasteiger partial charge in [-0.3, -0.25) is 0 Å². The summed E-state index contributed by atoms with van der Waals surface area (Å²) in [4.78, 5) is 4.94. The summed E-state index contributed by atoms with van der Waals surface area (Å²) in [5.41, 5.74) is 4.37. The first-order valence-electron chi connectivity index (χ1n) is 8.61. The number of rotatable bonds is 3. The summed E-state index contributed by atoms with van der Waals surface area (Å²) < 4.78 is 16.8. The van der Waals surface area contributed by atoms with E-state index >= 15 is 0 Å². The second-order valence-electron chi connectivity index (χ2n) is 6.66. The van der Waals surface area contributed by atoms with Gasteiger partial charge in [0, 0.05) is 23.0 Å². The molecule has 1 saturated carbocycles. The molecule has 4 heteroatoms. The van der Waals surface area contributed by atoms with Gasteiger partial charge >= 0.3 is 0 Å². The monoisotopic (exact) mass is 386 g/mol. The van der Waals surface area contributed by atoms with Crippen molar-refractivity contribution in [3.05, 3.63) is 69.8 Å². The summed E-state index contributed by atoms with van der Waals surface area (Å²) in [6.45, 7) is 0. The average Bonchev–Trinajstić information content (AvgIpc) is 2.94. The van der Waals surface area contributed by atoms with E-state index in [-0.39, 0.29) is 5.82 Å². The lowest BCUT2D eigenvalue weighted by molar-refractivity contribution is 0.436. The zero-order valence-electron chi connectivity index (χ0n) is 13.5. The molecule has 4 rings (SSSR count). The molecule has 0 atom stereocenters. The van der Waals surface area contributed by atoms with Crippen molar-refractivity contribution < 1.29 is 4.39 Å². The number of nitrogens with zero attached hydrogens (tertiary/aromatic N) is 2. The molecule has 0 saturated heterocycles. The van der Waals surface area contributed by atoms with Crippen molar-refractivity contribution in [2.75, 3.05) is 0 Å². The molecule has 0 aliphatic heterocycles. The number of fused-ring (bicyclic) bond motifs is 1.